The molecule has 0 saturated carbocycles. The van der Waals surface area contributed by atoms with Gasteiger partial charge in [-0.05, 0) is 64.1 Å². The average Bonchev–Trinajstić information content (AvgIpc) is 3.28. The minimum atomic E-state index is -3.62. The quantitative estimate of drug-likeness (QED) is 0.570. The molecule has 1 aliphatic carbocycles. The summed E-state index contributed by atoms with van der Waals surface area (Å²) in [6, 6.07) is 9.13. The molecule has 1 N–H and O–H groups in total. The van der Waals surface area contributed by atoms with E-state index in [1.165, 1.54) is 5.56 Å². The van der Waals surface area contributed by atoms with Gasteiger partial charge >= 0.3 is 0 Å². The molecule has 0 amide bonds. The molecule has 0 atom stereocenters. The van der Waals surface area contributed by atoms with Gasteiger partial charge in [-0.3, -0.25) is 0 Å². The Balaban J connectivity index is 1.76. The molecule has 7 heteroatoms. The lowest BCUT2D eigenvalue weighted by Crippen LogP contribution is -2.06. The van der Waals surface area contributed by atoms with Crippen LogP contribution in [0.15, 0.2) is 40.1 Å². The fraction of sp³-hybridized carbons (Fsp3) is 0.167. The van der Waals surface area contributed by atoms with Crippen LogP contribution in [0.1, 0.15) is 28.7 Å². The highest BCUT2D eigenvalue weighted by Gasteiger charge is 2.28. The van der Waals surface area contributed by atoms with Gasteiger partial charge in [0.1, 0.15) is 0 Å². The Kier molecular flexibility index (Phi) is 2.96. The van der Waals surface area contributed by atoms with Crippen molar-refractivity contribution < 1.29 is 8.42 Å². The maximum absolute atomic E-state index is 13.3. The third kappa shape index (κ3) is 2.16. The van der Waals surface area contributed by atoms with Crippen molar-refractivity contribution in [2.24, 2.45) is 0 Å². The lowest BCUT2D eigenvalue weighted by Gasteiger charge is -2.11. The van der Waals surface area contributed by atoms with Crippen molar-refractivity contribution in [3.05, 3.63) is 52.6 Å². The molecule has 0 fully saturated rings. The number of hydrogen-bond acceptors (Lipinski definition) is 5. The van der Waals surface area contributed by atoms with Gasteiger partial charge < -0.3 is 0 Å². The number of sulfone groups is 1. The zero-order valence-electron chi connectivity index (χ0n) is 13.2. The van der Waals surface area contributed by atoms with Crippen LogP contribution in [0, 0.1) is 0 Å². The number of nitrogens with zero attached hydrogens (tertiary/aromatic N) is 3. The predicted molar refractivity (Wildman–Crippen MR) is 92.5 cm³/mol. The fourth-order valence-corrected chi connectivity index (χ4v) is 5.32. The summed E-state index contributed by atoms with van der Waals surface area (Å²) in [6.45, 7) is 0. The highest BCUT2D eigenvalue weighted by molar-refractivity contribution is 7.91. The van der Waals surface area contributed by atoms with Crippen molar-refractivity contribution >= 4 is 22.0 Å². The minimum absolute atomic E-state index is 0.286. The SMILES string of the molecule is O=S1(=O)c2cc(-c3nnn[nH]3)ccc2C=Cc2cc3c(cc21)CCC3. The van der Waals surface area contributed by atoms with Gasteiger partial charge in [0, 0.05) is 5.56 Å². The Hall–Kier alpha value is -2.80. The number of fused-ring (bicyclic) bond motifs is 3. The number of tetrazole rings is 1. The van der Waals surface area contributed by atoms with Crippen LogP contribution >= 0.6 is 0 Å². The van der Waals surface area contributed by atoms with Crippen LogP contribution in [0.5, 0.6) is 0 Å². The molecule has 0 radical (unpaired) electrons. The summed E-state index contributed by atoms with van der Waals surface area (Å²) >= 11 is 0. The third-order valence-electron chi connectivity index (χ3n) is 4.88. The molecule has 0 saturated heterocycles. The van der Waals surface area contributed by atoms with E-state index in [0.29, 0.717) is 21.8 Å². The van der Waals surface area contributed by atoms with Crippen molar-refractivity contribution in [2.45, 2.75) is 29.1 Å². The smallest absolute Gasteiger partial charge is 0.207 e. The lowest BCUT2D eigenvalue weighted by atomic mass is 10.0. The molecule has 3 aromatic rings. The Labute approximate surface area is 144 Å². The average molecular weight is 350 g/mol. The molecule has 0 unspecified atom stereocenters. The second-order valence-electron chi connectivity index (χ2n) is 6.35. The zero-order chi connectivity index (χ0) is 17.0. The number of H-pyrrole nitrogens is 1. The van der Waals surface area contributed by atoms with E-state index in [9.17, 15) is 8.42 Å². The summed E-state index contributed by atoms with van der Waals surface area (Å²) in [5, 5.41) is 13.7. The number of benzene rings is 2. The zero-order valence-corrected chi connectivity index (χ0v) is 14.0. The molecular formula is C18H14N4O2S. The second-order valence-corrected chi connectivity index (χ2v) is 8.24. The van der Waals surface area contributed by atoms with Gasteiger partial charge in [0.15, 0.2) is 5.82 Å². The number of aromatic amines is 1. The molecule has 0 spiro atoms. The first-order valence-electron chi connectivity index (χ1n) is 8.10. The van der Waals surface area contributed by atoms with Crippen molar-refractivity contribution in [1.82, 2.24) is 20.6 Å². The van der Waals surface area contributed by atoms with Gasteiger partial charge in [0.05, 0.1) is 9.79 Å². The van der Waals surface area contributed by atoms with Crippen molar-refractivity contribution in [3.8, 4) is 11.4 Å². The van der Waals surface area contributed by atoms with Crippen LogP contribution in [0.25, 0.3) is 23.5 Å². The molecule has 25 heavy (non-hydrogen) atoms. The first kappa shape index (κ1) is 14.5. The summed E-state index contributed by atoms with van der Waals surface area (Å²) in [4.78, 5) is 0.672. The van der Waals surface area contributed by atoms with Crippen molar-refractivity contribution in [3.63, 3.8) is 0 Å². The van der Waals surface area contributed by atoms with Gasteiger partial charge in [0.2, 0.25) is 9.84 Å². The van der Waals surface area contributed by atoms with E-state index in [1.807, 2.05) is 30.4 Å². The van der Waals surface area contributed by atoms with Crippen LogP contribution in [0.4, 0.5) is 0 Å². The highest BCUT2D eigenvalue weighted by atomic mass is 32.2. The highest BCUT2D eigenvalue weighted by Crippen LogP contribution is 2.37. The Morgan fingerprint density at radius 2 is 1.68 bits per heavy atom. The Morgan fingerprint density at radius 1 is 0.920 bits per heavy atom. The Morgan fingerprint density at radius 3 is 2.48 bits per heavy atom. The van der Waals surface area contributed by atoms with E-state index in [1.54, 1.807) is 12.1 Å². The number of hydrogen-bond donors (Lipinski definition) is 1. The van der Waals surface area contributed by atoms with Gasteiger partial charge in [-0.15, -0.1) is 5.10 Å². The van der Waals surface area contributed by atoms with Crippen LogP contribution in [-0.2, 0) is 22.7 Å². The molecule has 6 nitrogen and oxygen atoms in total. The monoisotopic (exact) mass is 350 g/mol. The van der Waals surface area contributed by atoms with Gasteiger partial charge in [-0.2, -0.15) is 0 Å². The Bertz CT molecular complexity index is 1130. The van der Waals surface area contributed by atoms with E-state index in [-0.39, 0.29) is 4.90 Å². The minimum Gasteiger partial charge on any atom is -0.239 e. The second kappa shape index (κ2) is 5.10. The van der Waals surface area contributed by atoms with E-state index in [0.717, 1.165) is 30.4 Å². The third-order valence-corrected chi connectivity index (χ3v) is 6.74. The summed E-state index contributed by atoms with van der Waals surface area (Å²) in [6.07, 6.45) is 6.81. The first-order chi connectivity index (χ1) is 12.1. The van der Waals surface area contributed by atoms with Crippen molar-refractivity contribution in [2.75, 3.05) is 0 Å². The fourth-order valence-electron chi connectivity index (χ4n) is 3.62. The molecule has 1 aromatic heterocycles. The number of aromatic nitrogens is 4. The van der Waals surface area contributed by atoms with Crippen LogP contribution in [0.2, 0.25) is 0 Å². The number of nitrogens with one attached hydrogen (secondary N) is 1. The maximum atomic E-state index is 13.3. The molecule has 2 aliphatic rings. The van der Waals surface area contributed by atoms with Crippen LogP contribution in [-0.4, -0.2) is 29.0 Å². The normalized spacial score (nSPS) is 16.8. The van der Waals surface area contributed by atoms with Gasteiger partial charge in [-0.25, -0.2) is 13.5 Å². The predicted octanol–water partition coefficient (Wildman–Crippen LogP) is 2.67. The van der Waals surface area contributed by atoms with Crippen LogP contribution < -0.4 is 0 Å². The summed E-state index contributed by atoms with van der Waals surface area (Å²) in [5.41, 5.74) is 4.49. The van der Waals surface area contributed by atoms with Crippen molar-refractivity contribution in [1.29, 1.82) is 0 Å². The topological polar surface area (TPSA) is 88.6 Å². The summed E-state index contributed by atoms with van der Waals surface area (Å²) in [5.74, 6) is 0.445. The maximum Gasteiger partial charge on any atom is 0.207 e. The van der Waals surface area contributed by atoms with Crippen LogP contribution in [0.3, 0.4) is 0 Å². The number of aryl methyl sites for hydroxylation is 2. The van der Waals surface area contributed by atoms with Gasteiger partial charge in [-0.1, -0.05) is 30.4 Å². The molecule has 124 valence electrons. The molecule has 0 bridgehead atoms. The van der Waals surface area contributed by atoms with E-state index < -0.39 is 9.84 Å². The first-order valence-corrected chi connectivity index (χ1v) is 9.58. The molecular weight excluding hydrogens is 336 g/mol. The molecule has 1 aliphatic heterocycles. The van der Waals surface area contributed by atoms with Gasteiger partial charge in [0.25, 0.3) is 0 Å². The summed E-state index contributed by atoms with van der Waals surface area (Å²) in [7, 11) is -3.62. The van der Waals surface area contributed by atoms with E-state index >= 15 is 0 Å². The molecule has 5 rings (SSSR count). The van der Waals surface area contributed by atoms with E-state index in [2.05, 4.69) is 20.6 Å². The lowest BCUT2D eigenvalue weighted by molar-refractivity contribution is 0.596. The standard InChI is InChI=1S/C18H14N4O2S/c23-25(24)16-10-15(18-19-21-22-20-18)7-5-11(16)4-6-14-8-12-2-1-3-13(12)9-17(14)25/h4-10H,1-3H2,(H,19,20,21,22). The molecule has 2 aromatic carbocycles. The largest absolute Gasteiger partial charge is 0.239 e. The van der Waals surface area contributed by atoms with E-state index in [4.69, 9.17) is 0 Å². The number of rotatable bonds is 1. The summed E-state index contributed by atoms with van der Waals surface area (Å²) < 4.78 is 26.7. The molecule has 2 heterocycles.